The van der Waals surface area contributed by atoms with Crippen molar-refractivity contribution in [2.45, 2.75) is 30.6 Å². The van der Waals surface area contributed by atoms with Gasteiger partial charge >= 0.3 is 12.4 Å². The number of amides is 3. The van der Waals surface area contributed by atoms with Crippen molar-refractivity contribution in [3.8, 4) is 17.2 Å². The molecular weight excluding hydrogens is 463 g/mol. The third-order valence-electron chi connectivity index (χ3n) is 4.45. The SMILES string of the molecule is CC1(C)NC(=O)N(C/C(CSc2ccc(Oc3ccc(OC(F)(F)F)cc3)cc2)=N\O)C1=O. The largest absolute Gasteiger partial charge is 0.573 e. The molecule has 33 heavy (non-hydrogen) atoms. The van der Waals surface area contributed by atoms with Crippen LogP contribution >= 0.6 is 11.8 Å². The molecule has 2 aromatic carbocycles. The zero-order valence-electron chi connectivity index (χ0n) is 17.5. The summed E-state index contributed by atoms with van der Waals surface area (Å²) in [5, 5.41) is 15.0. The quantitative estimate of drug-likeness (QED) is 0.187. The van der Waals surface area contributed by atoms with Gasteiger partial charge in [0.25, 0.3) is 5.91 Å². The predicted octanol–water partition coefficient (Wildman–Crippen LogP) is 4.63. The number of carbonyl (C=O) groups is 2. The molecule has 3 amide bonds. The van der Waals surface area contributed by atoms with Crippen LogP contribution in [0.1, 0.15) is 13.8 Å². The van der Waals surface area contributed by atoms with E-state index in [2.05, 4.69) is 15.2 Å². The lowest BCUT2D eigenvalue weighted by atomic mass is 10.1. The second-order valence-corrected chi connectivity index (χ2v) is 8.54. The summed E-state index contributed by atoms with van der Waals surface area (Å²) < 4.78 is 46.1. The van der Waals surface area contributed by atoms with Crippen LogP contribution in [0, 0.1) is 0 Å². The van der Waals surface area contributed by atoms with E-state index in [1.54, 1.807) is 38.1 Å². The minimum atomic E-state index is -4.76. The van der Waals surface area contributed by atoms with Crippen LogP contribution in [0.3, 0.4) is 0 Å². The number of hydrogen-bond donors (Lipinski definition) is 2. The van der Waals surface area contributed by atoms with Crippen molar-refractivity contribution in [1.29, 1.82) is 0 Å². The Morgan fingerprint density at radius 3 is 2.09 bits per heavy atom. The highest BCUT2D eigenvalue weighted by molar-refractivity contribution is 8.00. The van der Waals surface area contributed by atoms with Crippen LogP contribution in [-0.4, -0.2) is 52.0 Å². The number of carbonyl (C=O) groups excluding carboxylic acids is 2. The number of urea groups is 1. The van der Waals surface area contributed by atoms with Gasteiger partial charge in [0.15, 0.2) is 0 Å². The number of hydrogen-bond acceptors (Lipinski definition) is 7. The average molecular weight is 483 g/mol. The van der Waals surface area contributed by atoms with Crippen molar-refractivity contribution < 1.29 is 37.4 Å². The van der Waals surface area contributed by atoms with Crippen molar-refractivity contribution >= 4 is 29.4 Å². The second kappa shape index (κ2) is 9.61. The molecule has 0 atom stereocenters. The van der Waals surface area contributed by atoms with Gasteiger partial charge in [-0.15, -0.1) is 24.9 Å². The Balaban J connectivity index is 1.53. The smallest absolute Gasteiger partial charge is 0.457 e. The normalized spacial score (nSPS) is 16.0. The fraction of sp³-hybridized carbons (Fsp3) is 0.286. The van der Waals surface area contributed by atoms with Gasteiger partial charge < -0.3 is 20.0 Å². The summed E-state index contributed by atoms with van der Waals surface area (Å²) in [6.45, 7) is 3.05. The third kappa shape index (κ3) is 6.54. The van der Waals surface area contributed by atoms with Crippen molar-refractivity contribution in [3.05, 3.63) is 48.5 Å². The van der Waals surface area contributed by atoms with E-state index in [-0.39, 0.29) is 23.8 Å². The summed E-state index contributed by atoms with van der Waals surface area (Å²) in [4.78, 5) is 26.0. The van der Waals surface area contributed by atoms with Crippen LogP contribution < -0.4 is 14.8 Å². The van der Waals surface area contributed by atoms with Gasteiger partial charge in [0.1, 0.15) is 22.8 Å². The van der Waals surface area contributed by atoms with E-state index >= 15 is 0 Å². The first-order valence-electron chi connectivity index (χ1n) is 9.57. The molecule has 0 saturated carbocycles. The maximum Gasteiger partial charge on any atom is 0.573 e. The molecule has 0 aliphatic carbocycles. The van der Waals surface area contributed by atoms with Gasteiger partial charge in [-0.05, 0) is 62.4 Å². The van der Waals surface area contributed by atoms with Crippen LogP contribution in [0.15, 0.2) is 58.6 Å². The minimum absolute atomic E-state index is 0.132. The summed E-state index contributed by atoms with van der Waals surface area (Å²) in [6.07, 6.45) is -4.76. The highest BCUT2D eigenvalue weighted by Gasteiger charge is 2.44. The molecule has 3 rings (SSSR count). The molecule has 1 fully saturated rings. The Bertz CT molecular complexity index is 1040. The first-order valence-corrected chi connectivity index (χ1v) is 10.6. The number of rotatable bonds is 8. The van der Waals surface area contributed by atoms with E-state index in [1.807, 2.05) is 0 Å². The maximum absolute atomic E-state index is 12.3. The van der Waals surface area contributed by atoms with E-state index in [0.29, 0.717) is 11.5 Å². The number of ether oxygens (including phenoxy) is 2. The average Bonchev–Trinajstić information content (AvgIpc) is 2.93. The first kappa shape index (κ1) is 24.2. The van der Waals surface area contributed by atoms with Crippen molar-refractivity contribution in [2.24, 2.45) is 5.16 Å². The highest BCUT2D eigenvalue weighted by atomic mass is 32.2. The first-order chi connectivity index (χ1) is 15.5. The summed E-state index contributed by atoms with van der Waals surface area (Å²) in [5.74, 6) is 0.268. The lowest BCUT2D eigenvalue weighted by Crippen LogP contribution is -2.41. The number of halogens is 3. The minimum Gasteiger partial charge on any atom is -0.457 e. The Morgan fingerprint density at radius 1 is 1.06 bits per heavy atom. The standard InChI is InChI=1S/C21H20F3N3O5S/c1-20(2)18(28)27(19(29)25-20)11-13(26-30)12-33-17-9-7-15(8-10-17)31-14-3-5-16(6-4-14)32-21(22,23)24/h3-10,30H,11-12H2,1-2H3,(H,25,29)/b26-13+. The van der Waals surface area contributed by atoms with Gasteiger partial charge in [0.05, 0.1) is 12.3 Å². The number of alkyl halides is 3. The molecule has 2 aromatic rings. The molecule has 2 N–H and O–H groups in total. The van der Waals surface area contributed by atoms with Crippen LogP contribution in [-0.2, 0) is 4.79 Å². The lowest BCUT2D eigenvalue weighted by molar-refractivity contribution is -0.274. The van der Waals surface area contributed by atoms with Crippen LogP contribution in [0.4, 0.5) is 18.0 Å². The molecule has 1 heterocycles. The van der Waals surface area contributed by atoms with E-state index in [0.717, 1.165) is 21.9 Å². The molecule has 1 aliphatic heterocycles. The van der Waals surface area contributed by atoms with Gasteiger partial charge in [-0.3, -0.25) is 9.69 Å². The Morgan fingerprint density at radius 2 is 1.61 bits per heavy atom. The molecule has 176 valence electrons. The molecule has 1 saturated heterocycles. The molecule has 0 unspecified atom stereocenters. The molecular formula is C21H20F3N3O5S. The van der Waals surface area contributed by atoms with Gasteiger partial charge in [0, 0.05) is 10.6 Å². The molecule has 0 bridgehead atoms. The van der Waals surface area contributed by atoms with Crippen LogP contribution in [0.5, 0.6) is 17.2 Å². The number of nitrogens with zero attached hydrogens (tertiary/aromatic N) is 2. The Hall–Kier alpha value is -3.41. The second-order valence-electron chi connectivity index (χ2n) is 7.49. The molecule has 8 nitrogen and oxygen atoms in total. The molecule has 1 aliphatic rings. The Kier molecular flexibility index (Phi) is 7.06. The fourth-order valence-corrected chi connectivity index (χ4v) is 3.68. The summed E-state index contributed by atoms with van der Waals surface area (Å²) in [6, 6.07) is 11.3. The highest BCUT2D eigenvalue weighted by Crippen LogP contribution is 2.29. The van der Waals surface area contributed by atoms with Gasteiger partial charge in [-0.25, -0.2) is 4.79 Å². The number of benzene rings is 2. The fourth-order valence-electron chi connectivity index (χ4n) is 2.87. The van der Waals surface area contributed by atoms with Crippen LogP contribution in [0.2, 0.25) is 0 Å². The molecule has 0 spiro atoms. The van der Waals surface area contributed by atoms with E-state index < -0.39 is 23.8 Å². The monoisotopic (exact) mass is 483 g/mol. The van der Waals surface area contributed by atoms with E-state index in [4.69, 9.17) is 4.74 Å². The van der Waals surface area contributed by atoms with Crippen molar-refractivity contribution in [2.75, 3.05) is 12.3 Å². The summed E-state index contributed by atoms with van der Waals surface area (Å²) >= 11 is 1.32. The number of nitrogens with one attached hydrogen (secondary N) is 1. The predicted molar refractivity (Wildman–Crippen MR) is 114 cm³/mol. The zero-order chi connectivity index (χ0) is 24.2. The van der Waals surface area contributed by atoms with Crippen molar-refractivity contribution in [3.63, 3.8) is 0 Å². The topological polar surface area (TPSA) is 100 Å². The summed E-state index contributed by atoms with van der Waals surface area (Å²) in [7, 11) is 0. The van der Waals surface area contributed by atoms with Crippen LogP contribution in [0.25, 0.3) is 0 Å². The van der Waals surface area contributed by atoms with Gasteiger partial charge in [-0.1, -0.05) is 5.16 Å². The third-order valence-corrected chi connectivity index (χ3v) is 5.53. The Labute approximate surface area is 191 Å². The zero-order valence-corrected chi connectivity index (χ0v) is 18.4. The molecule has 12 heteroatoms. The summed E-state index contributed by atoms with van der Waals surface area (Å²) in [5.41, 5.74) is -0.769. The molecule has 0 radical (unpaired) electrons. The number of thioether (sulfide) groups is 1. The maximum atomic E-state index is 12.3. The van der Waals surface area contributed by atoms with Gasteiger partial charge in [-0.2, -0.15) is 0 Å². The van der Waals surface area contributed by atoms with Gasteiger partial charge in [0.2, 0.25) is 0 Å². The van der Waals surface area contributed by atoms with Crippen molar-refractivity contribution in [1.82, 2.24) is 10.2 Å². The van der Waals surface area contributed by atoms with E-state index in [9.17, 15) is 28.0 Å². The lowest BCUT2D eigenvalue weighted by Gasteiger charge is -2.16. The molecule has 0 aromatic heterocycles. The number of oxime groups is 1. The number of imide groups is 1. The van der Waals surface area contributed by atoms with E-state index in [1.165, 1.54) is 23.9 Å².